The van der Waals surface area contributed by atoms with E-state index >= 15 is 0 Å². The van der Waals surface area contributed by atoms with E-state index < -0.39 is 15.8 Å². The summed E-state index contributed by atoms with van der Waals surface area (Å²) >= 11 is 0. The minimum atomic E-state index is -3.89. The fourth-order valence-corrected chi connectivity index (χ4v) is 3.64. The van der Waals surface area contributed by atoms with Crippen molar-refractivity contribution in [2.75, 3.05) is 4.72 Å². The fraction of sp³-hybridized carbons (Fsp3) is 0.316. The van der Waals surface area contributed by atoms with Crippen LogP contribution in [0.3, 0.4) is 0 Å². The van der Waals surface area contributed by atoms with Gasteiger partial charge in [0, 0.05) is 17.3 Å². The molecule has 0 fully saturated rings. The van der Waals surface area contributed by atoms with Crippen LogP contribution in [0.25, 0.3) is 0 Å². The lowest BCUT2D eigenvalue weighted by molar-refractivity contribution is 0.0937. The molecule has 7 heteroatoms. The van der Waals surface area contributed by atoms with E-state index in [4.69, 9.17) is 0 Å². The predicted octanol–water partition coefficient (Wildman–Crippen LogP) is 3.85. The van der Waals surface area contributed by atoms with Gasteiger partial charge in [-0.15, -0.1) is 0 Å². The minimum absolute atomic E-state index is 0.00417. The zero-order chi connectivity index (χ0) is 19.3. The molecule has 140 valence electrons. The average Bonchev–Trinajstić information content (AvgIpc) is 2.57. The van der Waals surface area contributed by atoms with Gasteiger partial charge >= 0.3 is 0 Å². The molecular formula is C19H23FN2O3S. The summed E-state index contributed by atoms with van der Waals surface area (Å²) in [5, 5.41) is 2.88. The van der Waals surface area contributed by atoms with Crippen molar-refractivity contribution in [2.45, 2.75) is 44.6 Å². The summed E-state index contributed by atoms with van der Waals surface area (Å²) < 4.78 is 40.5. The molecule has 0 aliphatic heterocycles. The molecule has 1 atom stereocenters. The Labute approximate surface area is 153 Å². The van der Waals surface area contributed by atoms with E-state index in [0.29, 0.717) is 11.1 Å². The first kappa shape index (κ1) is 19.9. The Kier molecular flexibility index (Phi) is 6.37. The van der Waals surface area contributed by atoms with Gasteiger partial charge in [-0.05, 0) is 62.2 Å². The first-order valence-corrected chi connectivity index (χ1v) is 9.91. The Bertz CT molecular complexity index is 880. The molecule has 0 aliphatic carbocycles. The lowest BCUT2D eigenvalue weighted by atomic mass is 10.1. The topological polar surface area (TPSA) is 75.3 Å². The summed E-state index contributed by atoms with van der Waals surface area (Å²) in [5.41, 5.74) is 1.25. The van der Waals surface area contributed by atoms with Gasteiger partial charge in [0.25, 0.3) is 15.9 Å². The second-order valence-electron chi connectivity index (χ2n) is 6.25. The zero-order valence-corrected chi connectivity index (χ0v) is 15.9. The van der Waals surface area contributed by atoms with Crippen molar-refractivity contribution in [1.29, 1.82) is 0 Å². The van der Waals surface area contributed by atoms with Crippen molar-refractivity contribution in [3.8, 4) is 0 Å². The number of rotatable bonds is 7. The molecule has 2 aromatic carbocycles. The molecule has 0 unspecified atom stereocenters. The third-order valence-corrected chi connectivity index (χ3v) is 5.34. The molecule has 26 heavy (non-hydrogen) atoms. The lowest BCUT2D eigenvalue weighted by Gasteiger charge is -2.15. The van der Waals surface area contributed by atoms with Gasteiger partial charge in [0.05, 0.1) is 4.90 Å². The molecule has 5 nitrogen and oxygen atoms in total. The Morgan fingerprint density at radius 3 is 2.42 bits per heavy atom. The molecule has 0 aliphatic rings. The lowest BCUT2D eigenvalue weighted by Crippen LogP contribution is -2.33. The minimum Gasteiger partial charge on any atom is -0.350 e. The number of carbonyl (C=O) groups excluding carboxylic acids is 1. The molecule has 2 rings (SSSR count). The highest BCUT2D eigenvalue weighted by molar-refractivity contribution is 7.92. The maximum absolute atomic E-state index is 13.0. The third kappa shape index (κ3) is 5.05. The molecule has 0 spiro atoms. The van der Waals surface area contributed by atoms with E-state index in [1.807, 2.05) is 13.8 Å². The van der Waals surface area contributed by atoms with Gasteiger partial charge in [0.1, 0.15) is 5.82 Å². The van der Waals surface area contributed by atoms with Crippen molar-refractivity contribution in [3.05, 3.63) is 59.4 Å². The monoisotopic (exact) mass is 378 g/mol. The van der Waals surface area contributed by atoms with Crippen LogP contribution in [0.15, 0.2) is 47.4 Å². The number of anilines is 1. The second kappa shape index (κ2) is 8.31. The number of benzene rings is 2. The Morgan fingerprint density at radius 1 is 1.15 bits per heavy atom. The van der Waals surface area contributed by atoms with E-state index in [0.717, 1.165) is 12.8 Å². The first-order valence-electron chi connectivity index (χ1n) is 8.43. The van der Waals surface area contributed by atoms with Crippen LogP contribution in [0.1, 0.15) is 42.6 Å². The summed E-state index contributed by atoms with van der Waals surface area (Å²) in [7, 11) is -3.89. The maximum atomic E-state index is 13.0. The van der Waals surface area contributed by atoms with Gasteiger partial charge in [-0.3, -0.25) is 9.52 Å². The first-order chi connectivity index (χ1) is 12.2. The smallest absolute Gasteiger partial charge is 0.261 e. The Balaban J connectivity index is 2.26. The van der Waals surface area contributed by atoms with Crippen molar-refractivity contribution < 1.29 is 17.6 Å². The largest absolute Gasteiger partial charge is 0.350 e. The van der Waals surface area contributed by atoms with E-state index in [9.17, 15) is 17.6 Å². The van der Waals surface area contributed by atoms with Gasteiger partial charge in [-0.2, -0.15) is 0 Å². The number of amides is 1. The zero-order valence-electron chi connectivity index (χ0n) is 15.0. The van der Waals surface area contributed by atoms with E-state index in [1.54, 1.807) is 13.0 Å². The number of nitrogens with one attached hydrogen (secondary N) is 2. The molecule has 1 amide bonds. The molecule has 0 aromatic heterocycles. The Morgan fingerprint density at radius 2 is 1.81 bits per heavy atom. The van der Waals surface area contributed by atoms with Gasteiger partial charge in [-0.1, -0.05) is 19.4 Å². The molecule has 0 heterocycles. The van der Waals surface area contributed by atoms with Gasteiger partial charge in [0.15, 0.2) is 0 Å². The van der Waals surface area contributed by atoms with Gasteiger partial charge in [-0.25, -0.2) is 12.8 Å². The normalized spacial score (nSPS) is 12.5. The van der Waals surface area contributed by atoms with Crippen LogP contribution in [0.4, 0.5) is 10.1 Å². The van der Waals surface area contributed by atoms with Crippen molar-refractivity contribution in [2.24, 2.45) is 0 Å². The highest BCUT2D eigenvalue weighted by atomic mass is 32.2. The second-order valence-corrected chi connectivity index (χ2v) is 7.93. The molecule has 0 saturated heterocycles. The number of halogens is 1. The van der Waals surface area contributed by atoms with E-state index in [-0.39, 0.29) is 22.5 Å². The maximum Gasteiger partial charge on any atom is 0.261 e. The van der Waals surface area contributed by atoms with Crippen LogP contribution < -0.4 is 10.0 Å². The summed E-state index contributed by atoms with van der Waals surface area (Å²) in [6.07, 6.45) is 1.78. The summed E-state index contributed by atoms with van der Waals surface area (Å²) in [5.74, 6) is -0.759. The summed E-state index contributed by atoms with van der Waals surface area (Å²) in [6.45, 7) is 5.69. The SMILES string of the molecule is CCC[C@H](C)NC(=O)c1cc(S(=O)(=O)Nc2ccc(F)cc2)ccc1C. The van der Waals surface area contributed by atoms with Gasteiger partial charge < -0.3 is 5.32 Å². The molecule has 0 radical (unpaired) electrons. The quantitative estimate of drug-likeness (QED) is 0.768. The van der Waals surface area contributed by atoms with Crippen LogP contribution >= 0.6 is 0 Å². The molecule has 2 N–H and O–H groups in total. The number of hydrogen-bond donors (Lipinski definition) is 2. The number of sulfonamides is 1. The average molecular weight is 378 g/mol. The predicted molar refractivity (Wildman–Crippen MR) is 100 cm³/mol. The highest BCUT2D eigenvalue weighted by Crippen LogP contribution is 2.20. The fourth-order valence-electron chi connectivity index (χ4n) is 2.55. The third-order valence-electron chi connectivity index (χ3n) is 3.96. The van der Waals surface area contributed by atoms with Crippen molar-refractivity contribution in [1.82, 2.24) is 5.32 Å². The van der Waals surface area contributed by atoms with Crippen LogP contribution in [0.5, 0.6) is 0 Å². The molecular weight excluding hydrogens is 355 g/mol. The van der Waals surface area contributed by atoms with Crippen molar-refractivity contribution >= 4 is 21.6 Å². The summed E-state index contributed by atoms with van der Waals surface area (Å²) in [4.78, 5) is 12.4. The molecule has 0 bridgehead atoms. The van der Waals surface area contributed by atoms with E-state index in [2.05, 4.69) is 10.0 Å². The number of aryl methyl sites for hydroxylation is 1. The number of hydrogen-bond acceptors (Lipinski definition) is 3. The van der Waals surface area contributed by atoms with Crippen molar-refractivity contribution in [3.63, 3.8) is 0 Å². The standard InChI is InChI=1S/C19H23FN2O3S/c1-4-5-14(3)21-19(23)18-12-17(11-6-13(18)2)26(24,25)22-16-9-7-15(20)8-10-16/h6-12,14,22H,4-5H2,1-3H3,(H,21,23)/t14-/m0/s1. The molecule has 0 saturated carbocycles. The van der Waals surface area contributed by atoms with E-state index in [1.165, 1.54) is 36.4 Å². The highest BCUT2D eigenvalue weighted by Gasteiger charge is 2.19. The van der Waals surface area contributed by atoms with Crippen LogP contribution in [0, 0.1) is 12.7 Å². The van der Waals surface area contributed by atoms with Crippen LogP contribution in [-0.4, -0.2) is 20.4 Å². The van der Waals surface area contributed by atoms with Crippen LogP contribution in [0.2, 0.25) is 0 Å². The Hall–Kier alpha value is -2.41. The number of carbonyl (C=O) groups is 1. The summed E-state index contributed by atoms with van der Waals surface area (Å²) in [6, 6.07) is 9.40. The molecule has 2 aromatic rings. The van der Waals surface area contributed by atoms with Gasteiger partial charge in [0.2, 0.25) is 0 Å². The van der Waals surface area contributed by atoms with Crippen LogP contribution in [-0.2, 0) is 10.0 Å².